The van der Waals surface area contributed by atoms with E-state index in [1.807, 2.05) is 5.38 Å². The molecule has 2 fully saturated rings. The number of thiazole rings is 1. The summed E-state index contributed by atoms with van der Waals surface area (Å²) in [5, 5.41) is 15.6. The van der Waals surface area contributed by atoms with Crippen molar-refractivity contribution < 1.29 is 9.90 Å². The first-order chi connectivity index (χ1) is 15.0. The number of hydrogen-bond donors (Lipinski definition) is 2. The second-order valence-corrected chi connectivity index (χ2v) is 9.49. The molecule has 2 saturated heterocycles. The number of nitrogens with zero attached hydrogens (tertiary/aromatic N) is 4. The van der Waals surface area contributed by atoms with E-state index >= 15 is 0 Å². The van der Waals surface area contributed by atoms with Gasteiger partial charge < -0.3 is 15.3 Å². The van der Waals surface area contributed by atoms with E-state index in [0.29, 0.717) is 13.1 Å². The molecule has 7 nitrogen and oxygen atoms in total. The topological polar surface area (TPSA) is 71.9 Å². The second kappa shape index (κ2) is 10.5. The molecule has 31 heavy (non-hydrogen) atoms. The molecule has 2 aliphatic heterocycles. The molecule has 1 aromatic heterocycles. The van der Waals surface area contributed by atoms with Gasteiger partial charge in [-0.3, -0.25) is 14.6 Å². The zero-order chi connectivity index (χ0) is 21.6. The van der Waals surface area contributed by atoms with Crippen LogP contribution in [0.4, 0.5) is 5.13 Å². The first-order valence-electron chi connectivity index (χ1n) is 11.2. The van der Waals surface area contributed by atoms with Crippen LogP contribution in [0.2, 0.25) is 0 Å². The van der Waals surface area contributed by atoms with Gasteiger partial charge in [0.2, 0.25) is 5.91 Å². The Morgan fingerprint density at radius 2 is 1.94 bits per heavy atom. The van der Waals surface area contributed by atoms with Gasteiger partial charge in [-0.05, 0) is 25.3 Å². The molecule has 0 atom stereocenters. The van der Waals surface area contributed by atoms with Crippen LogP contribution in [0.15, 0.2) is 29.6 Å². The number of carbonyl (C=O) groups is 1. The Morgan fingerprint density at radius 1 is 1.16 bits per heavy atom. The van der Waals surface area contributed by atoms with E-state index in [2.05, 4.69) is 51.2 Å². The Kier molecular flexibility index (Phi) is 7.55. The number of carbonyl (C=O) groups excluding carboxylic acids is 1. The third kappa shape index (κ3) is 6.49. The van der Waals surface area contributed by atoms with Crippen LogP contribution in [0.5, 0.6) is 0 Å². The summed E-state index contributed by atoms with van der Waals surface area (Å²) in [7, 11) is 0. The van der Waals surface area contributed by atoms with Gasteiger partial charge in [0, 0.05) is 51.2 Å². The Hall–Kier alpha value is -2.00. The summed E-state index contributed by atoms with van der Waals surface area (Å²) in [5.74, 6) is 0.00551. The summed E-state index contributed by atoms with van der Waals surface area (Å²) < 4.78 is 0. The van der Waals surface area contributed by atoms with Crippen LogP contribution in [0.3, 0.4) is 0 Å². The zero-order valence-electron chi connectivity index (χ0n) is 18.3. The fourth-order valence-electron chi connectivity index (χ4n) is 4.19. The summed E-state index contributed by atoms with van der Waals surface area (Å²) in [6, 6.07) is 8.73. The lowest BCUT2D eigenvalue weighted by Crippen LogP contribution is -2.46. The molecule has 0 unspecified atom stereocenters. The van der Waals surface area contributed by atoms with Crippen LogP contribution >= 0.6 is 11.3 Å². The molecule has 8 heteroatoms. The van der Waals surface area contributed by atoms with E-state index in [1.165, 1.54) is 11.1 Å². The largest absolute Gasteiger partial charge is 0.393 e. The highest BCUT2D eigenvalue weighted by Gasteiger charge is 2.21. The van der Waals surface area contributed by atoms with Crippen LogP contribution in [0.25, 0.3) is 0 Å². The standard InChI is InChI=1S/C23H33N5O2S/c1-18-3-2-4-19(13-18)15-26-9-11-28(12-10-26)23-25-20(16-31-23)14-22(30)24-17-27-7-5-21(29)6-8-27/h2-4,13,16,21,29H,5-12,14-15,17H2,1H3,(H,24,30). The smallest absolute Gasteiger partial charge is 0.227 e. The molecule has 2 aliphatic rings. The van der Waals surface area contributed by atoms with Crippen molar-refractivity contribution in [3.8, 4) is 0 Å². The first kappa shape index (κ1) is 22.2. The molecule has 0 bridgehead atoms. The maximum absolute atomic E-state index is 12.3. The quantitative estimate of drug-likeness (QED) is 0.681. The fraction of sp³-hybridized carbons (Fsp3) is 0.565. The van der Waals surface area contributed by atoms with Crippen LogP contribution in [-0.4, -0.2) is 77.8 Å². The van der Waals surface area contributed by atoms with E-state index < -0.39 is 0 Å². The van der Waals surface area contributed by atoms with E-state index in [0.717, 1.165) is 69.5 Å². The highest BCUT2D eigenvalue weighted by atomic mass is 32.1. The van der Waals surface area contributed by atoms with Gasteiger partial charge in [-0.25, -0.2) is 4.98 Å². The van der Waals surface area contributed by atoms with Gasteiger partial charge in [-0.1, -0.05) is 29.8 Å². The highest BCUT2D eigenvalue weighted by molar-refractivity contribution is 7.13. The molecule has 0 radical (unpaired) electrons. The summed E-state index contributed by atoms with van der Waals surface area (Å²) in [6.07, 6.45) is 1.69. The van der Waals surface area contributed by atoms with E-state index in [-0.39, 0.29) is 12.0 Å². The molecule has 1 amide bonds. The number of aryl methyl sites for hydroxylation is 1. The molecule has 4 rings (SSSR count). The maximum atomic E-state index is 12.3. The molecule has 0 aliphatic carbocycles. The number of piperazine rings is 1. The highest BCUT2D eigenvalue weighted by Crippen LogP contribution is 2.23. The third-order valence-electron chi connectivity index (χ3n) is 6.07. The number of rotatable bonds is 7. The molecule has 1 aromatic carbocycles. The molecule has 168 valence electrons. The number of piperidine rings is 1. The van der Waals surface area contributed by atoms with Crippen molar-refractivity contribution in [2.75, 3.05) is 50.8 Å². The Balaban J connectivity index is 1.19. The Bertz CT molecular complexity index is 857. The van der Waals surface area contributed by atoms with Gasteiger partial charge in [-0.15, -0.1) is 11.3 Å². The maximum Gasteiger partial charge on any atom is 0.227 e. The minimum Gasteiger partial charge on any atom is -0.393 e. The van der Waals surface area contributed by atoms with Crippen LogP contribution in [0, 0.1) is 6.92 Å². The number of amides is 1. The third-order valence-corrected chi connectivity index (χ3v) is 7.02. The number of aliphatic hydroxyl groups is 1. The zero-order valence-corrected chi connectivity index (χ0v) is 19.1. The van der Waals surface area contributed by atoms with Crippen molar-refractivity contribution in [1.29, 1.82) is 0 Å². The van der Waals surface area contributed by atoms with Crippen molar-refractivity contribution in [2.45, 2.75) is 38.8 Å². The first-order valence-corrected chi connectivity index (χ1v) is 12.1. The van der Waals surface area contributed by atoms with E-state index in [4.69, 9.17) is 4.98 Å². The minimum atomic E-state index is -0.190. The molecule has 0 saturated carbocycles. The molecule has 3 heterocycles. The summed E-state index contributed by atoms with van der Waals surface area (Å²) in [5.41, 5.74) is 3.52. The van der Waals surface area contributed by atoms with E-state index in [1.54, 1.807) is 11.3 Å². The molecular formula is C23H33N5O2S. The Labute approximate surface area is 188 Å². The average molecular weight is 444 g/mol. The van der Waals surface area contributed by atoms with Gasteiger partial charge in [-0.2, -0.15) is 0 Å². The number of likely N-dealkylation sites (tertiary alicyclic amines) is 1. The predicted molar refractivity (Wildman–Crippen MR) is 124 cm³/mol. The van der Waals surface area contributed by atoms with Gasteiger partial charge in [0.1, 0.15) is 0 Å². The fourth-order valence-corrected chi connectivity index (χ4v) is 5.07. The van der Waals surface area contributed by atoms with Crippen molar-refractivity contribution in [1.82, 2.24) is 20.1 Å². The van der Waals surface area contributed by atoms with Crippen molar-refractivity contribution in [3.05, 3.63) is 46.5 Å². The van der Waals surface area contributed by atoms with Crippen molar-refractivity contribution in [3.63, 3.8) is 0 Å². The summed E-state index contributed by atoms with van der Waals surface area (Å²) in [6.45, 7) is 9.32. The number of benzene rings is 1. The molecule has 2 aromatic rings. The number of aliphatic hydroxyl groups excluding tert-OH is 1. The minimum absolute atomic E-state index is 0.00551. The van der Waals surface area contributed by atoms with Gasteiger partial charge in [0.05, 0.1) is 24.9 Å². The number of anilines is 1. The van der Waals surface area contributed by atoms with Crippen LogP contribution < -0.4 is 10.2 Å². The monoisotopic (exact) mass is 443 g/mol. The lowest BCUT2D eigenvalue weighted by atomic mass is 10.1. The average Bonchev–Trinajstić information content (AvgIpc) is 3.22. The predicted octanol–water partition coefficient (Wildman–Crippen LogP) is 1.85. The number of hydrogen-bond acceptors (Lipinski definition) is 7. The lowest BCUT2D eigenvalue weighted by Gasteiger charge is -2.34. The molecular weight excluding hydrogens is 410 g/mol. The number of nitrogens with one attached hydrogen (secondary N) is 1. The van der Waals surface area contributed by atoms with Gasteiger partial charge in [0.25, 0.3) is 0 Å². The SMILES string of the molecule is Cc1cccc(CN2CCN(c3nc(CC(=O)NCN4CCC(O)CC4)cs3)CC2)c1. The van der Waals surface area contributed by atoms with Crippen LogP contribution in [0.1, 0.15) is 29.7 Å². The normalized spacial score (nSPS) is 19.0. The molecule has 0 spiro atoms. The molecule has 2 N–H and O–H groups in total. The summed E-state index contributed by atoms with van der Waals surface area (Å²) in [4.78, 5) is 24.0. The Morgan fingerprint density at radius 3 is 2.68 bits per heavy atom. The van der Waals surface area contributed by atoms with Crippen molar-refractivity contribution in [2.24, 2.45) is 0 Å². The summed E-state index contributed by atoms with van der Waals surface area (Å²) >= 11 is 1.63. The second-order valence-electron chi connectivity index (χ2n) is 8.66. The van der Waals surface area contributed by atoms with E-state index in [9.17, 15) is 9.90 Å². The van der Waals surface area contributed by atoms with Crippen LogP contribution in [-0.2, 0) is 17.8 Å². The lowest BCUT2D eigenvalue weighted by molar-refractivity contribution is -0.121. The number of aromatic nitrogens is 1. The van der Waals surface area contributed by atoms with Gasteiger partial charge in [0.15, 0.2) is 5.13 Å². The van der Waals surface area contributed by atoms with Crippen molar-refractivity contribution >= 4 is 22.4 Å². The van der Waals surface area contributed by atoms with Gasteiger partial charge >= 0.3 is 0 Å².